The topological polar surface area (TPSA) is 72.5 Å². The molecule has 2 bridgehead atoms. The van der Waals surface area contributed by atoms with Gasteiger partial charge in [0.1, 0.15) is 6.33 Å². The highest BCUT2D eigenvalue weighted by molar-refractivity contribution is 5.95. The van der Waals surface area contributed by atoms with Crippen LogP contribution in [0.25, 0.3) is 16.8 Å². The van der Waals surface area contributed by atoms with Crippen molar-refractivity contribution in [3.63, 3.8) is 0 Å². The summed E-state index contributed by atoms with van der Waals surface area (Å²) in [6.07, 6.45) is 4.25. The molecular weight excluding hydrogens is 390 g/mol. The zero-order valence-electron chi connectivity index (χ0n) is 16.9. The third kappa shape index (κ3) is 3.04. The number of benzene rings is 1. The summed E-state index contributed by atoms with van der Waals surface area (Å²) in [4.78, 5) is 32.3. The number of likely N-dealkylation sites (tertiary alicyclic amines) is 1. The van der Waals surface area contributed by atoms with Gasteiger partial charge in [0.25, 0.3) is 11.5 Å². The van der Waals surface area contributed by atoms with E-state index in [-0.39, 0.29) is 23.3 Å². The van der Waals surface area contributed by atoms with Crippen LogP contribution in [0.1, 0.15) is 28.4 Å². The molecule has 7 nitrogen and oxygen atoms in total. The van der Waals surface area contributed by atoms with Crippen LogP contribution in [-0.4, -0.2) is 43.1 Å². The van der Waals surface area contributed by atoms with Crippen LogP contribution in [-0.2, 0) is 6.54 Å². The van der Waals surface area contributed by atoms with Gasteiger partial charge < -0.3 is 9.47 Å². The highest BCUT2D eigenvalue weighted by Gasteiger charge is 2.37. The Bertz CT molecular complexity index is 1360. The van der Waals surface area contributed by atoms with Gasteiger partial charge in [-0.1, -0.05) is 30.3 Å². The monoisotopic (exact) mass is 411 g/mol. The zero-order chi connectivity index (χ0) is 20.9. The molecule has 31 heavy (non-hydrogen) atoms. The van der Waals surface area contributed by atoms with Crippen molar-refractivity contribution < 1.29 is 4.79 Å². The van der Waals surface area contributed by atoms with Crippen LogP contribution in [0.2, 0.25) is 0 Å². The van der Waals surface area contributed by atoms with Crippen molar-refractivity contribution in [2.75, 3.05) is 13.1 Å². The van der Waals surface area contributed by atoms with Crippen molar-refractivity contribution in [2.24, 2.45) is 5.92 Å². The summed E-state index contributed by atoms with van der Waals surface area (Å²) in [6, 6.07) is 17.4. The summed E-state index contributed by atoms with van der Waals surface area (Å²) in [5, 5.41) is 4.09. The Morgan fingerprint density at radius 2 is 1.84 bits per heavy atom. The molecule has 1 amide bonds. The Morgan fingerprint density at radius 1 is 0.968 bits per heavy atom. The second-order valence-electron chi connectivity index (χ2n) is 8.47. The second-order valence-corrected chi connectivity index (χ2v) is 8.47. The van der Waals surface area contributed by atoms with Gasteiger partial charge in [-0.15, -0.1) is 0 Å². The Hall–Kier alpha value is -3.74. The van der Waals surface area contributed by atoms with Gasteiger partial charge in [-0.25, -0.2) is 9.50 Å². The maximum Gasteiger partial charge on any atom is 0.254 e. The van der Waals surface area contributed by atoms with E-state index < -0.39 is 0 Å². The molecule has 0 saturated carbocycles. The predicted octanol–water partition coefficient (Wildman–Crippen LogP) is 2.82. The lowest BCUT2D eigenvalue weighted by Crippen LogP contribution is -2.49. The smallest absolute Gasteiger partial charge is 0.254 e. The Kier molecular flexibility index (Phi) is 4.02. The average molecular weight is 411 g/mol. The third-order valence-corrected chi connectivity index (χ3v) is 6.48. The fraction of sp³-hybridized carbons (Fsp3) is 0.250. The normalized spacial score (nSPS) is 19.9. The maximum atomic E-state index is 13.3. The van der Waals surface area contributed by atoms with E-state index in [1.807, 2.05) is 39.8 Å². The van der Waals surface area contributed by atoms with E-state index in [1.165, 1.54) is 6.33 Å². The molecule has 1 fully saturated rings. The second kappa shape index (κ2) is 6.91. The molecule has 154 valence electrons. The summed E-state index contributed by atoms with van der Waals surface area (Å²) in [7, 11) is 0. The van der Waals surface area contributed by atoms with Crippen molar-refractivity contribution in [1.82, 2.24) is 24.1 Å². The van der Waals surface area contributed by atoms with Crippen LogP contribution < -0.4 is 5.56 Å². The lowest BCUT2D eigenvalue weighted by atomic mass is 9.82. The number of hydrogen-bond donors (Lipinski definition) is 0. The molecule has 4 aromatic rings. The van der Waals surface area contributed by atoms with Crippen molar-refractivity contribution in [3.05, 3.63) is 88.7 Å². The Balaban J connectivity index is 1.34. The number of fused-ring (bicyclic) bond motifs is 5. The van der Waals surface area contributed by atoms with Crippen molar-refractivity contribution >= 4 is 11.6 Å². The number of carbonyl (C=O) groups excluding carboxylic acids is 1. The van der Waals surface area contributed by atoms with E-state index >= 15 is 0 Å². The molecule has 0 aliphatic carbocycles. The SMILES string of the molecule is O=C(c1ccn2ncnc2c1)N1C[C@@H]2C[C@H](C1)c1cc(-c3ccccc3)cc(=O)n1C2. The fourth-order valence-corrected chi connectivity index (χ4v) is 5.05. The standard InChI is InChI=1S/C24H21N5O2/c30-23-11-19(17-4-2-1-3-5-17)9-21-20-8-16(13-28(21)23)12-27(14-20)24(31)18-6-7-29-22(10-18)25-15-26-29/h1-7,9-11,15-16,20H,8,12-14H2/t16-,20+/m0/s1. The molecular formula is C24H21N5O2. The first-order valence-electron chi connectivity index (χ1n) is 10.5. The first-order chi connectivity index (χ1) is 15.2. The van der Waals surface area contributed by atoms with E-state index in [4.69, 9.17) is 0 Å². The summed E-state index contributed by atoms with van der Waals surface area (Å²) >= 11 is 0. The number of pyridine rings is 2. The van der Waals surface area contributed by atoms with Crippen molar-refractivity contribution in [2.45, 2.75) is 18.9 Å². The summed E-state index contributed by atoms with van der Waals surface area (Å²) in [5.74, 6) is 0.451. The van der Waals surface area contributed by atoms with Crippen LogP contribution in [0.15, 0.2) is 71.9 Å². The van der Waals surface area contributed by atoms with Gasteiger partial charge in [-0.3, -0.25) is 9.59 Å². The molecule has 0 unspecified atom stereocenters. The van der Waals surface area contributed by atoms with Gasteiger partial charge in [0.05, 0.1) is 0 Å². The molecule has 5 heterocycles. The van der Waals surface area contributed by atoms with E-state index in [1.54, 1.807) is 28.9 Å². The van der Waals surface area contributed by atoms with Crippen molar-refractivity contribution in [3.8, 4) is 11.1 Å². The van der Waals surface area contributed by atoms with Crippen LogP contribution in [0.4, 0.5) is 0 Å². The molecule has 2 aliphatic rings. The minimum atomic E-state index is 0.00945. The largest absolute Gasteiger partial charge is 0.338 e. The molecule has 1 aromatic carbocycles. The Labute approximate surface area is 178 Å². The quantitative estimate of drug-likeness (QED) is 0.509. The molecule has 0 spiro atoms. The lowest BCUT2D eigenvalue weighted by molar-refractivity contribution is 0.0594. The van der Waals surface area contributed by atoms with Crippen LogP contribution in [0.5, 0.6) is 0 Å². The van der Waals surface area contributed by atoms with Gasteiger partial charge in [0.15, 0.2) is 5.65 Å². The minimum absolute atomic E-state index is 0.00945. The van der Waals surface area contributed by atoms with Gasteiger partial charge in [-0.2, -0.15) is 5.10 Å². The van der Waals surface area contributed by atoms with Gasteiger partial charge in [-0.05, 0) is 41.7 Å². The minimum Gasteiger partial charge on any atom is -0.338 e. The predicted molar refractivity (Wildman–Crippen MR) is 116 cm³/mol. The van der Waals surface area contributed by atoms with Gasteiger partial charge in [0, 0.05) is 49.1 Å². The van der Waals surface area contributed by atoms with E-state index in [0.717, 1.165) is 23.2 Å². The molecule has 2 atom stereocenters. The summed E-state index contributed by atoms with van der Waals surface area (Å²) < 4.78 is 3.56. The number of hydrogen-bond acceptors (Lipinski definition) is 4. The third-order valence-electron chi connectivity index (χ3n) is 6.48. The molecule has 2 aliphatic heterocycles. The van der Waals surface area contributed by atoms with Crippen molar-refractivity contribution in [1.29, 1.82) is 0 Å². The average Bonchev–Trinajstić information content (AvgIpc) is 3.27. The summed E-state index contributed by atoms with van der Waals surface area (Å²) in [5.41, 5.74) is 4.34. The number of rotatable bonds is 2. The first kappa shape index (κ1) is 18.1. The fourth-order valence-electron chi connectivity index (χ4n) is 5.05. The molecule has 6 rings (SSSR count). The number of aromatic nitrogens is 4. The molecule has 0 radical (unpaired) electrons. The molecule has 7 heteroatoms. The first-order valence-corrected chi connectivity index (χ1v) is 10.5. The van der Waals surface area contributed by atoms with Crippen LogP contribution >= 0.6 is 0 Å². The lowest BCUT2D eigenvalue weighted by Gasteiger charge is -2.43. The van der Waals surface area contributed by atoms with Crippen LogP contribution in [0, 0.1) is 5.92 Å². The summed E-state index contributed by atoms with van der Waals surface area (Å²) in [6.45, 7) is 1.94. The van der Waals surface area contributed by atoms with E-state index in [2.05, 4.69) is 16.1 Å². The Morgan fingerprint density at radius 3 is 2.71 bits per heavy atom. The highest BCUT2D eigenvalue weighted by atomic mass is 16.2. The number of amides is 1. The highest BCUT2D eigenvalue weighted by Crippen LogP contribution is 2.37. The molecule has 3 aromatic heterocycles. The van der Waals surface area contributed by atoms with Gasteiger partial charge in [0.2, 0.25) is 0 Å². The van der Waals surface area contributed by atoms with Crippen LogP contribution in [0.3, 0.4) is 0 Å². The van der Waals surface area contributed by atoms with Gasteiger partial charge >= 0.3 is 0 Å². The number of carbonyl (C=O) groups is 1. The van der Waals surface area contributed by atoms with E-state index in [0.29, 0.717) is 30.8 Å². The zero-order valence-corrected chi connectivity index (χ0v) is 16.9. The number of nitrogens with zero attached hydrogens (tertiary/aromatic N) is 5. The molecule has 1 saturated heterocycles. The van der Waals surface area contributed by atoms with E-state index in [9.17, 15) is 9.59 Å². The number of piperidine rings is 1. The molecule has 0 N–H and O–H groups in total. The maximum absolute atomic E-state index is 13.3.